The molecule has 0 aliphatic carbocycles. The van der Waals surface area contributed by atoms with Crippen LogP contribution in [0.15, 0.2) is 18.3 Å². The van der Waals surface area contributed by atoms with Crippen LogP contribution in [0.4, 0.5) is 5.82 Å². The zero-order valence-corrected chi connectivity index (χ0v) is 14.0. The van der Waals surface area contributed by atoms with Crippen molar-refractivity contribution in [3.63, 3.8) is 0 Å². The van der Waals surface area contributed by atoms with E-state index >= 15 is 0 Å². The molecular weight excluding hydrogens is 290 g/mol. The summed E-state index contributed by atoms with van der Waals surface area (Å²) in [4.78, 5) is 20.5. The molecule has 0 radical (unpaired) electrons. The molecule has 23 heavy (non-hydrogen) atoms. The standard InChI is InChI=1S/C17H25N5O/c1-3-22-8-4-5-15(12-22)11-20-17(23)13-21(2)16-7-6-14(9-18)10-19-16/h6-7,10,15H,3-5,8,11-13H2,1-2H3,(H,20,23)/t15-/m0/s1. The van der Waals surface area contributed by atoms with E-state index in [1.165, 1.54) is 25.6 Å². The molecule has 1 fully saturated rings. The van der Waals surface area contributed by atoms with E-state index in [-0.39, 0.29) is 12.5 Å². The van der Waals surface area contributed by atoms with Gasteiger partial charge in [-0.05, 0) is 44.0 Å². The second-order valence-corrected chi connectivity index (χ2v) is 6.08. The molecule has 0 bridgehead atoms. The lowest BCUT2D eigenvalue weighted by molar-refractivity contribution is -0.120. The Bertz CT molecular complexity index is 551. The third-order valence-corrected chi connectivity index (χ3v) is 4.29. The summed E-state index contributed by atoms with van der Waals surface area (Å²) in [7, 11) is 1.83. The van der Waals surface area contributed by atoms with Crippen molar-refractivity contribution in [3.05, 3.63) is 23.9 Å². The quantitative estimate of drug-likeness (QED) is 0.855. The van der Waals surface area contributed by atoms with Crippen molar-refractivity contribution in [1.29, 1.82) is 5.26 Å². The van der Waals surface area contributed by atoms with Gasteiger partial charge in [0.2, 0.25) is 5.91 Å². The van der Waals surface area contributed by atoms with E-state index in [9.17, 15) is 4.79 Å². The Kier molecular flexibility index (Phi) is 6.36. The Morgan fingerprint density at radius 1 is 1.57 bits per heavy atom. The summed E-state index contributed by atoms with van der Waals surface area (Å²) >= 11 is 0. The largest absolute Gasteiger partial charge is 0.354 e. The van der Waals surface area contributed by atoms with Crippen molar-refractivity contribution in [2.45, 2.75) is 19.8 Å². The molecule has 1 aromatic heterocycles. The molecule has 0 aromatic carbocycles. The van der Waals surface area contributed by atoms with Gasteiger partial charge >= 0.3 is 0 Å². The number of nitrogens with zero attached hydrogens (tertiary/aromatic N) is 4. The van der Waals surface area contributed by atoms with Gasteiger partial charge < -0.3 is 15.1 Å². The molecule has 1 N–H and O–H groups in total. The first-order chi connectivity index (χ1) is 11.1. The normalized spacial score (nSPS) is 18.2. The average molecular weight is 315 g/mol. The molecule has 1 atom stereocenters. The van der Waals surface area contributed by atoms with Crippen LogP contribution in [0.5, 0.6) is 0 Å². The third kappa shape index (κ3) is 5.22. The summed E-state index contributed by atoms with van der Waals surface area (Å²) in [6.07, 6.45) is 3.92. The molecule has 1 aliphatic heterocycles. The lowest BCUT2D eigenvalue weighted by Gasteiger charge is -2.32. The Morgan fingerprint density at radius 2 is 2.39 bits per heavy atom. The van der Waals surface area contributed by atoms with Crippen LogP contribution >= 0.6 is 0 Å². The number of likely N-dealkylation sites (N-methyl/N-ethyl adjacent to an activating group) is 1. The van der Waals surface area contributed by atoms with E-state index in [0.717, 1.165) is 19.6 Å². The maximum atomic E-state index is 12.1. The van der Waals surface area contributed by atoms with Gasteiger partial charge in [0.05, 0.1) is 12.1 Å². The Balaban J connectivity index is 1.76. The van der Waals surface area contributed by atoms with E-state index in [1.54, 1.807) is 17.0 Å². The highest BCUT2D eigenvalue weighted by atomic mass is 16.2. The van der Waals surface area contributed by atoms with Crippen LogP contribution in [0.1, 0.15) is 25.3 Å². The minimum Gasteiger partial charge on any atom is -0.354 e. The first-order valence-electron chi connectivity index (χ1n) is 8.18. The van der Waals surface area contributed by atoms with Crippen molar-refractivity contribution >= 4 is 11.7 Å². The van der Waals surface area contributed by atoms with Crippen LogP contribution < -0.4 is 10.2 Å². The molecule has 1 amide bonds. The highest BCUT2D eigenvalue weighted by molar-refractivity contribution is 5.80. The van der Waals surface area contributed by atoms with Gasteiger partial charge in [-0.2, -0.15) is 5.26 Å². The van der Waals surface area contributed by atoms with Gasteiger partial charge in [-0.3, -0.25) is 4.79 Å². The zero-order valence-electron chi connectivity index (χ0n) is 14.0. The minimum atomic E-state index is 0.00674. The predicted molar refractivity (Wildman–Crippen MR) is 90.1 cm³/mol. The number of hydrogen-bond donors (Lipinski definition) is 1. The maximum Gasteiger partial charge on any atom is 0.239 e. The molecule has 1 aromatic rings. The van der Waals surface area contributed by atoms with Gasteiger partial charge in [0.1, 0.15) is 11.9 Å². The number of amides is 1. The molecule has 6 heteroatoms. The molecule has 2 heterocycles. The number of pyridine rings is 1. The number of aromatic nitrogens is 1. The van der Waals surface area contributed by atoms with Gasteiger partial charge in [0.15, 0.2) is 0 Å². The van der Waals surface area contributed by atoms with E-state index < -0.39 is 0 Å². The van der Waals surface area contributed by atoms with Gasteiger partial charge in [0.25, 0.3) is 0 Å². The first-order valence-corrected chi connectivity index (χ1v) is 8.18. The lowest BCUT2D eigenvalue weighted by Crippen LogP contribution is -2.43. The third-order valence-electron chi connectivity index (χ3n) is 4.29. The van der Waals surface area contributed by atoms with Crippen LogP contribution in [0.25, 0.3) is 0 Å². The lowest BCUT2D eigenvalue weighted by atomic mass is 9.98. The zero-order chi connectivity index (χ0) is 16.7. The number of nitriles is 1. The summed E-state index contributed by atoms with van der Waals surface area (Å²) in [5.74, 6) is 1.24. The van der Waals surface area contributed by atoms with Gasteiger partial charge in [-0.1, -0.05) is 6.92 Å². The first kappa shape index (κ1) is 17.2. The Hall–Kier alpha value is -2.13. The SMILES string of the molecule is CCN1CCC[C@@H](CNC(=O)CN(C)c2ccc(C#N)cn2)C1. The minimum absolute atomic E-state index is 0.00674. The van der Waals surface area contributed by atoms with Crippen molar-refractivity contribution < 1.29 is 4.79 Å². The molecule has 0 spiro atoms. The second kappa shape index (κ2) is 8.49. The van der Waals surface area contributed by atoms with Crippen LogP contribution in [0, 0.1) is 17.2 Å². The van der Waals surface area contributed by atoms with E-state index in [0.29, 0.717) is 17.3 Å². The van der Waals surface area contributed by atoms with Crippen LogP contribution in [-0.4, -0.2) is 55.6 Å². The summed E-state index contributed by atoms with van der Waals surface area (Å²) in [6.45, 7) is 6.52. The fraction of sp³-hybridized carbons (Fsp3) is 0.588. The number of hydrogen-bond acceptors (Lipinski definition) is 5. The van der Waals surface area contributed by atoms with E-state index in [1.807, 2.05) is 13.1 Å². The predicted octanol–water partition coefficient (Wildman–Crippen LogP) is 1.24. The molecule has 0 unspecified atom stereocenters. The van der Waals surface area contributed by atoms with Gasteiger partial charge in [0, 0.05) is 26.3 Å². The molecule has 124 valence electrons. The fourth-order valence-electron chi connectivity index (χ4n) is 2.89. The number of piperidine rings is 1. The summed E-state index contributed by atoms with van der Waals surface area (Å²) in [5, 5.41) is 11.8. The summed E-state index contributed by atoms with van der Waals surface area (Å²) < 4.78 is 0. The Morgan fingerprint density at radius 3 is 3.04 bits per heavy atom. The number of carbonyl (C=O) groups excluding carboxylic acids is 1. The number of carbonyl (C=O) groups is 1. The summed E-state index contributed by atoms with van der Waals surface area (Å²) in [6, 6.07) is 5.50. The highest BCUT2D eigenvalue weighted by Crippen LogP contribution is 2.15. The topological polar surface area (TPSA) is 72.3 Å². The smallest absolute Gasteiger partial charge is 0.239 e. The van der Waals surface area contributed by atoms with Gasteiger partial charge in [-0.25, -0.2) is 4.98 Å². The monoisotopic (exact) mass is 315 g/mol. The molecule has 6 nitrogen and oxygen atoms in total. The van der Waals surface area contributed by atoms with Crippen molar-refractivity contribution in [2.75, 3.05) is 44.7 Å². The van der Waals surface area contributed by atoms with Gasteiger partial charge in [-0.15, -0.1) is 0 Å². The maximum absolute atomic E-state index is 12.1. The van der Waals surface area contributed by atoms with Crippen LogP contribution in [0.2, 0.25) is 0 Å². The fourth-order valence-corrected chi connectivity index (χ4v) is 2.89. The number of nitrogens with one attached hydrogen (secondary N) is 1. The highest BCUT2D eigenvalue weighted by Gasteiger charge is 2.19. The molecule has 1 saturated heterocycles. The van der Waals surface area contributed by atoms with Crippen molar-refractivity contribution in [2.24, 2.45) is 5.92 Å². The van der Waals surface area contributed by atoms with E-state index in [2.05, 4.69) is 22.1 Å². The number of rotatable bonds is 6. The van der Waals surface area contributed by atoms with Crippen molar-refractivity contribution in [3.8, 4) is 6.07 Å². The second-order valence-electron chi connectivity index (χ2n) is 6.08. The molecule has 2 rings (SSSR count). The van der Waals surface area contributed by atoms with Crippen molar-refractivity contribution in [1.82, 2.24) is 15.2 Å². The molecule has 1 aliphatic rings. The number of likely N-dealkylation sites (tertiary alicyclic amines) is 1. The Labute approximate surface area is 138 Å². The van der Waals surface area contributed by atoms with Crippen LogP contribution in [-0.2, 0) is 4.79 Å². The average Bonchev–Trinajstić information content (AvgIpc) is 2.60. The molecular formula is C17H25N5O. The van der Waals surface area contributed by atoms with Crippen LogP contribution in [0.3, 0.4) is 0 Å². The molecule has 0 saturated carbocycles. The van der Waals surface area contributed by atoms with E-state index in [4.69, 9.17) is 5.26 Å². The summed E-state index contributed by atoms with van der Waals surface area (Å²) in [5.41, 5.74) is 0.518. The number of anilines is 1.